The van der Waals surface area contributed by atoms with Crippen LogP contribution in [0.1, 0.15) is 26.7 Å². The van der Waals surface area contributed by atoms with Crippen molar-refractivity contribution in [2.24, 2.45) is 5.41 Å². The normalized spacial score (nSPS) is 28.7. The Kier molecular flexibility index (Phi) is 2.28. The zero-order valence-electron chi connectivity index (χ0n) is 7.13. The molecule has 0 aromatic rings. The van der Waals surface area contributed by atoms with Gasteiger partial charge >= 0.3 is 0 Å². The summed E-state index contributed by atoms with van der Waals surface area (Å²) in [6, 6.07) is 0. The van der Waals surface area contributed by atoms with Crippen molar-refractivity contribution in [2.75, 3.05) is 0 Å². The van der Waals surface area contributed by atoms with Crippen molar-refractivity contribution in [2.45, 2.75) is 26.7 Å². The largest absolute Gasteiger partial charge is 0.295 e. The first-order valence-corrected chi connectivity index (χ1v) is 3.99. The predicted molar refractivity (Wildman–Crippen MR) is 46.3 cm³/mol. The van der Waals surface area contributed by atoms with Crippen LogP contribution in [0.3, 0.4) is 0 Å². The Balaban J connectivity index is 2.74. The molecule has 0 N–H and O–H groups in total. The summed E-state index contributed by atoms with van der Waals surface area (Å²) in [6.07, 6.45) is 9.20. The van der Waals surface area contributed by atoms with Crippen molar-refractivity contribution >= 4 is 5.78 Å². The molecule has 1 rings (SSSR count). The van der Waals surface area contributed by atoms with E-state index in [1.807, 2.05) is 12.2 Å². The first kappa shape index (κ1) is 8.25. The fraction of sp³-hybridized carbons (Fsp3) is 0.500. The highest BCUT2D eigenvalue weighted by Gasteiger charge is 2.15. The molecule has 11 heavy (non-hydrogen) atoms. The zero-order chi connectivity index (χ0) is 8.32. The Hall–Kier alpha value is -0.850. The van der Waals surface area contributed by atoms with Gasteiger partial charge in [0.25, 0.3) is 0 Å². The molecule has 1 aliphatic carbocycles. The Morgan fingerprint density at radius 3 is 2.82 bits per heavy atom. The van der Waals surface area contributed by atoms with Gasteiger partial charge in [0.05, 0.1) is 0 Å². The number of rotatable bonds is 0. The second-order valence-corrected chi connectivity index (χ2v) is 3.67. The summed E-state index contributed by atoms with van der Waals surface area (Å²) in [7, 11) is 0. The van der Waals surface area contributed by atoms with Gasteiger partial charge in [0.2, 0.25) is 0 Å². The van der Waals surface area contributed by atoms with Gasteiger partial charge in [-0.3, -0.25) is 4.79 Å². The van der Waals surface area contributed by atoms with Crippen LogP contribution in [0.4, 0.5) is 0 Å². The standard InChI is InChI=1S/C10H14O/c1-10(2)7-4-3-5-9(11)6-8-10/h3-5,7H,6,8H2,1-2H3/b5-3-,7-4-. The van der Waals surface area contributed by atoms with E-state index < -0.39 is 0 Å². The van der Waals surface area contributed by atoms with Gasteiger partial charge in [-0.15, -0.1) is 0 Å². The molecule has 0 atom stereocenters. The van der Waals surface area contributed by atoms with Gasteiger partial charge in [-0.2, -0.15) is 0 Å². The summed E-state index contributed by atoms with van der Waals surface area (Å²) < 4.78 is 0. The van der Waals surface area contributed by atoms with Crippen molar-refractivity contribution in [1.82, 2.24) is 0 Å². The summed E-state index contributed by atoms with van der Waals surface area (Å²) in [5, 5.41) is 0. The van der Waals surface area contributed by atoms with Crippen LogP contribution in [-0.2, 0) is 4.79 Å². The molecule has 0 fully saturated rings. The number of carbonyl (C=O) groups is 1. The molecule has 1 aliphatic rings. The van der Waals surface area contributed by atoms with Crippen LogP contribution < -0.4 is 0 Å². The summed E-state index contributed by atoms with van der Waals surface area (Å²) in [4.78, 5) is 11.0. The zero-order valence-corrected chi connectivity index (χ0v) is 7.13. The summed E-state index contributed by atoms with van der Waals surface area (Å²) in [5.41, 5.74) is 0.181. The third kappa shape index (κ3) is 2.71. The quantitative estimate of drug-likeness (QED) is 0.518. The highest BCUT2D eigenvalue weighted by molar-refractivity contribution is 5.90. The number of carbonyl (C=O) groups excluding carboxylic acids is 1. The van der Waals surface area contributed by atoms with Gasteiger partial charge in [0.15, 0.2) is 5.78 Å². The highest BCUT2D eigenvalue weighted by atomic mass is 16.1. The molecule has 1 nitrogen and oxygen atoms in total. The maximum absolute atomic E-state index is 11.0. The van der Waals surface area contributed by atoms with Crippen LogP contribution in [0.5, 0.6) is 0 Å². The smallest absolute Gasteiger partial charge is 0.155 e. The Morgan fingerprint density at radius 2 is 2.09 bits per heavy atom. The molecule has 0 spiro atoms. The van der Waals surface area contributed by atoms with E-state index >= 15 is 0 Å². The minimum Gasteiger partial charge on any atom is -0.295 e. The van der Waals surface area contributed by atoms with Crippen molar-refractivity contribution in [3.8, 4) is 0 Å². The van der Waals surface area contributed by atoms with Gasteiger partial charge in [-0.05, 0) is 17.9 Å². The molecule has 0 radical (unpaired) electrons. The molecule has 0 amide bonds. The monoisotopic (exact) mass is 150 g/mol. The number of hydrogen-bond acceptors (Lipinski definition) is 1. The van der Waals surface area contributed by atoms with Gasteiger partial charge in [-0.25, -0.2) is 0 Å². The summed E-state index contributed by atoms with van der Waals surface area (Å²) >= 11 is 0. The lowest BCUT2D eigenvalue weighted by Gasteiger charge is -2.19. The molecule has 0 heterocycles. The topological polar surface area (TPSA) is 17.1 Å². The van der Waals surface area contributed by atoms with Gasteiger partial charge in [0.1, 0.15) is 0 Å². The van der Waals surface area contributed by atoms with Crippen LogP contribution in [0.25, 0.3) is 0 Å². The maximum atomic E-state index is 11.0. The average molecular weight is 150 g/mol. The number of hydrogen-bond donors (Lipinski definition) is 0. The first-order valence-electron chi connectivity index (χ1n) is 3.99. The van der Waals surface area contributed by atoms with E-state index in [0.29, 0.717) is 6.42 Å². The fourth-order valence-electron chi connectivity index (χ4n) is 1.09. The minimum atomic E-state index is 0.181. The molecule has 0 aromatic carbocycles. The van der Waals surface area contributed by atoms with E-state index in [-0.39, 0.29) is 11.2 Å². The lowest BCUT2D eigenvalue weighted by molar-refractivity contribution is -0.115. The Labute approximate surface area is 67.8 Å². The van der Waals surface area contributed by atoms with E-state index in [0.717, 1.165) is 6.42 Å². The van der Waals surface area contributed by atoms with Gasteiger partial charge < -0.3 is 0 Å². The Bertz CT molecular complexity index is 209. The summed E-state index contributed by atoms with van der Waals surface area (Å²) in [5.74, 6) is 0.238. The van der Waals surface area contributed by atoms with Crippen molar-refractivity contribution < 1.29 is 4.79 Å². The van der Waals surface area contributed by atoms with Crippen LogP contribution in [-0.4, -0.2) is 5.78 Å². The van der Waals surface area contributed by atoms with Gasteiger partial charge in [0, 0.05) is 6.42 Å². The van der Waals surface area contributed by atoms with E-state index in [4.69, 9.17) is 0 Å². The number of ketones is 1. The maximum Gasteiger partial charge on any atom is 0.155 e. The molecule has 0 unspecified atom stereocenters. The van der Waals surface area contributed by atoms with Crippen LogP contribution in [0.2, 0.25) is 0 Å². The van der Waals surface area contributed by atoms with Crippen LogP contribution in [0.15, 0.2) is 24.3 Å². The van der Waals surface area contributed by atoms with E-state index in [1.165, 1.54) is 0 Å². The molecule has 60 valence electrons. The minimum absolute atomic E-state index is 0.181. The molecule has 0 aromatic heterocycles. The third-order valence-electron chi connectivity index (χ3n) is 1.96. The molecule has 0 saturated carbocycles. The molecule has 1 heteroatoms. The van der Waals surface area contributed by atoms with E-state index in [1.54, 1.807) is 6.08 Å². The van der Waals surface area contributed by atoms with Crippen molar-refractivity contribution in [1.29, 1.82) is 0 Å². The molecular formula is C10H14O. The molecule has 0 bridgehead atoms. The third-order valence-corrected chi connectivity index (χ3v) is 1.96. The molecule has 0 aliphatic heterocycles. The highest BCUT2D eigenvalue weighted by Crippen LogP contribution is 2.25. The average Bonchev–Trinajstić information content (AvgIpc) is 1.92. The van der Waals surface area contributed by atoms with E-state index in [9.17, 15) is 4.79 Å². The van der Waals surface area contributed by atoms with E-state index in [2.05, 4.69) is 19.9 Å². The second-order valence-electron chi connectivity index (χ2n) is 3.67. The van der Waals surface area contributed by atoms with Crippen LogP contribution in [0, 0.1) is 5.41 Å². The molecular weight excluding hydrogens is 136 g/mol. The van der Waals surface area contributed by atoms with Crippen molar-refractivity contribution in [3.63, 3.8) is 0 Å². The lowest BCUT2D eigenvalue weighted by Crippen LogP contribution is -2.10. The number of allylic oxidation sites excluding steroid dienone is 4. The first-order chi connectivity index (χ1) is 5.10. The van der Waals surface area contributed by atoms with Gasteiger partial charge in [-0.1, -0.05) is 32.1 Å². The lowest BCUT2D eigenvalue weighted by atomic mass is 9.85. The second kappa shape index (κ2) is 3.04. The van der Waals surface area contributed by atoms with Crippen LogP contribution >= 0.6 is 0 Å². The molecule has 0 saturated heterocycles. The summed E-state index contributed by atoms with van der Waals surface area (Å²) in [6.45, 7) is 4.30. The predicted octanol–water partition coefficient (Wildman–Crippen LogP) is 2.49. The fourth-order valence-corrected chi connectivity index (χ4v) is 1.09. The SMILES string of the molecule is CC1(C)/C=C\C=C/C(=O)CC1. The Morgan fingerprint density at radius 1 is 1.36 bits per heavy atom. The van der Waals surface area contributed by atoms with Crippen molar-refractivity contribution in [3.05, 3.63) is 24.3 Å².